The number of urea groups is 1. The molecule has 0 bridgehead atoms. The maximum atomic E-state index is 12.9. The number of aromatic amines is 1. The topological polar surface area (TPSA) is 120 Å². The number of sulfonamides is 1. The van der Waals surface area contributed by atoms with E-state index in [0.717, 1.165) is 33.2 Å². The van der Waals surface area contributed by atoms with Gasteiger partial charge in [-0.05, 0) is 41.8 Å². The molecule has 2 aliphatic heterocycles. The Hall–Kier alpha value is -3.66. The molecular formula is C23H22N4O5S. The highest BCUT2D eigenvalue weighted by Crippen LogP contribution is 2.31. The van der Waals surface area contributed by atoms with Crippen molar-refractivity contribution in [3.63, 3.8) is 0 Å². The normalized spacial score (nSPS) is 18.2. The molecular weight excluding hydrogens is 444 g/mol. The predicted octanol–water partition coefficient (Wildman–Crippen LogP) is 1.84. The summed E-state index contributed by atoms with van der Waals surface area (Å²) in [5.74, 6) is -0.824. The number of para-hydroxylation sites is 1. The summed E-state index contributed by atoms with van der Waals surface area (Å²) >= 11 is 0. The van der Waals surface area contributed by atoms with E-state index < -0.39 is 28.0 Å². The third kappa shape index (κ3) is 3.76. The first kappa shape index (κ1) is 21.2. The third-order valence-electron chi connectivity index (χ3n) is 6.16. The van der Waals surface area contributed by atoms with Gasteiger partial charge in [0.1, 0.15) is 6.04 Å². The molecule has 3 amide bonds. The highest BCUT2D eigenvalue weighted by atomic mass is 32.2. The number of rotatable bonds is 6. The first-order valence-corrected chi connectivity index (χ1v) is 12.4. The molecule has 1 aromatic heterocycles. The van der Waals surface area contributed by atoms with Crippen molar-refractivity contribution in [3.8, 4) is 0 Å². The van der Waals surface area contributed by atoms with Crippen molar-refractivity contribution < 1.29 is 22.8 Å². The van der Waals surface area contributed by atoms with Gasteiger partial charge in [0.15, 0.2) is 5.78 Å². The molecule has 2 N–H and O–H groups in total. The molecule has 3 heterocycles. The van der Waals surface area contributed by atoms with Crippen LogP contribution in [0.25, 0.3) is 10.9 Å². The highest BCUT2D eigenvalue weighted by molar-refractivity contribution is 7.92. The summed E-state index contributed by atoms with van der Waals surface area (Å²) in [5.41, 5.74) is 3.50. The SMILES string of the molecule is CS(=O)(=O)N1CCc2cc(C(=O)CN3C(=O)N[C@@H](Cc4c[nH]c5ccccc45)C3=O)ccc21. The molecule has 0 spiro atoms. The molecule has 2 aliphatic rings. The van der Waals surface area contributed by atoms with Crippen LogP contribution in [-0.4, -0.2) is 61.4 Å². The zero-order valence-corrected chi connectivity index (χ0v) is 18.7. The van der Waals surface area contributed by atoms with Crippen molar-refractivity contribution in [1.29, 1.82) is 0 Å². The number of imide groups is 1. The Labute approximate surface area is 190 Å². The fourth-order valence-corrected chi connectivity index (χ4v) is 5.47. The maximum Gasteiger partial charge on any atom is 0.325 e. The summed E-state index contributed by atoms with van der Waals surface area (Å²) in [6, 6.07) is 11.1. The number of fused-ring (bicyclic) bond motifs is 2. The molecule has 0 aliphatic carbocycles. The smallest absolute Gasteiger partial charge is 0.325 e. The zero-order chi connectivity index (χ0) is 23.3. The van der Waals surface area contributed by atoms with Gasteiger partial charge in [-0.1, -0.05) is 18.2 Å². The molecule has 0 unspecified atom stereocenters. The average Bonchev–Trinajstić information content (AvgIpc) is 3.46. The molecule has 1 fully saturated rings. The van der Waals surface area contributed by atoms with Gasteiger partial charge in [-0.3, -0.25) is 18.8 Å². The molecule has 10 heteroatoms. The van der Waals surface area contributed by atoms with Crippen LogP contribution in [0.4, 0.5) is 10.5 Å². The van der Waals surface area contributed by atoms with E-state index in [1.165, 1.54) is 10.4 Å². The number of carbonyl (C=O) groups excluding carboxylic acids is 3. The molecule has 1 saturated heterocycles. The Morgan fingerprint density at radius 2 is 1.94 bits per heavy atom. The van der Waals surface area contributed by atoms with Gasteiger partial charge in [-0.15, -0.1) is 0 Å². The van der Waals surface area contributed by atoms with Crippen molar-refractivity contribution in [2.75, 3.05) is 23.7 Å². The number of benzene rings is 2. The van der Waals surface area contributed by atoms with Crippen molar-refractivity contribution in [3.05, 3.63) is 65.4 Å². The number of Topliss-reactive ketones (excluding diaryl/α,β-unsaturated/α-hetero) is 1. The Bertz CT molecular complexity index is 1410. The number of hydrogen-bond donors (Lipinski definition) is 2. The number of H-pyrrole nitrogens is 1. The number of ketones is 1. The fourth-order valence-electron chi connectivity index (χ4n) is 4.51. The van der Waals surface area contributed by atoms with E-state index in [0.29, 0.717) is 30.6 Å². The van der Waals surface area contributed by atoms with Gasteiger partial charge in [-0.25, -0.2) is 13.2 Å². The molecule has 3 aromatic rings. The van der Waals surface area contributed by atoms with E-state index >= 15 is 0 Å². The van der Waals surface area contributed by atoms with E-state index in [1.807, 2.05) is 30.5 Å². The monoisotopic (exact) mass is 466 g/mol. The Kier molecular flexibility index (Phi) is 4.97. The molecule has 170 valence electrons. The van der Waals surface area contributed by atoms with Crippen LogP contribution in [0.1, 0.15) is 21.5 Å². The van der Waals surface area contributed by atoms with Crippen LogP contribution in [0.2, 0.25) is 0 Å². The van der Waals surface area contributed by atoms with Crippen LogP contribution in [0.5, 0.6) is 0 Å². The summed E-state index contributed by atoms with van der Waals surface area (Å²) in [6.07, 6.45) is 3.78. The van der Waals surface area contributed by atoms with Crippen molar-refractivity contribution in [1.82, 2.24) is 15.2 Å². The second kappa shape index (κ2) is 7.73. The number of carbonyl (C=O) groups is 3. The van der Waals surface area contributed by atoms with Gasteiger partial charge in [0.05, 0.1) is 18.5 Å². The molecule has 33 heavy (non-hydrogen) atoms. The minimum atomic E-state index is -3.38. The number of nitrogens with one attached hydrogen (secondary N) is 2. The van der Waals surface area contributed by atoms with E-state index in [2.05, 4.69) is 10.3 Å². The minimum absolute atomic E-state index is 0.319. The van der Waals surface area contributed by atoms with Crippen LogP contribution < -0.4 is 9.62 Å². The third-order valence-corrected chi connectivity index (χ3v) is 7.34. The van der Waals surface area contributed by atoms with Crippen molar-refractivity contribution >= 4 is 44.3 Å². The maximum absolute atomic E-state index is 12.9. The van der Waals surface area contributed by atoms with Crippen LogP contribution in [0, 0.1) is 0 Å². The Morgan fingerprint density at radius 3 is 2.73 bits per heavy atom. The molecule has 0 saturated carbocycles. The van der Waals surface area contributed by atoms with E-state index in [-0.39, 0.29) is 12.3 Å². The van der Waals surface area contributed by atoms with Gasteiger partial charge >= 0.3 is 6.03 Å². The lowest BCUT2D eigenvalue weighted by Crippen LogP contribution is -2.36. The van der Waals surface area contributed by atoms with Gasteiger partial charge < -0.3 is 10.3 Å². The molecule has 1 atom stereocenters. The lowest BCUT2D eigenvalue weighted by molar-refractivity contribution is -0.127. The number of amides is 3. The van der Waals surface area contributed by atoms with Crippen LogP contribution >= 0.6 is 0 Å². The summed E-state index contributed by atoms with van der Waals surface area (Å²) in [7, 11) is -3.38. The first-order chi connectivity index (χ1) is 15.7. The van der Waals surface area contributed by atoms with Gasteiger partial charge in [0.2, 0.25) is 10.0 Å². The lowest BCUT2D eigenvalue weighted by atomic mass is 10.0. The van der Waals surface area contributed by atoms with Crippen molar-refractivity contribution in [2.24, 2.45) is 0 Å². The first-order valence-electron chi connectivity index (χ1n) is 10.5. The lowest BCUT2D eigenvalue weighted by Gasteiger charge is -2.17. The summed E-state index contributed by atoms with van der Waals surface area (Å²) in [4.78, 5) is 42.3. The van der Waals surface area contributed by atoms with E-state index in [9.17, 15) is 22.8 Å². The predicted molar refractivity (Wildman–Crippen MR) is 123 cm³/mol. The molecule has 0 radical (unpaired) electrons. The summed E-state index contributed by atoms with van der Waals surface area (Å²) in [6.45, 7) is -0.0437. The molecule has 5 rings (SSSR count). The Balaban J connectivity index is 1.30. The van der Waals surface area contributed by atoms with Gasteiger partial charge in [0.25, 0.3) is 5.91 Å². The standard InChI is InChI=1S/C23H22N4O5S/c1-33(31,32)27-9-8-14-10-15(6-7-20(14)27)21(28)13-26-22(29)19(25-23(26)30)11-16-12-24-18-5-3-2-4-17(16)18/h2-7,10,12,19,24H,8-9,11,13H2,1H3,(H,25,30)/t19-/m0/s1. The quantitative estimate of drug-likeness (QED) is 0.424. The fraction of sp³-hybridized carbons (Fsp3) is 0.261. The molecule has 9 nitrogen and oxygen atoms in total. The van der Waals surface area contributed by atoms with Crippen LogP contribution in [-0.2, 0) is 27.7 Å². The second-order valence-corrected chi connectivity index (χ2v) is 10.2. The van der Waals surface area contributed by atoms with E-state index in [4.69, 9.17) is 0 Å². The average molecular weight is 467 g/mol. The Morgan fingerprint density at radius 1 is 1.15 bits per heavy atom. The number of anilines is 1. The van der Waals surface area contributed by atoms with Gasteiger partial charge in [0, 0.05) is 35.6 Å². The number of aromatic nitrogens is 1. The molecule has 2 aromatic carbocycles. The summed E-state index contributed by atoms with van der Waals surface area (Å²) < 4.78 is 25.1. The second-order valence-electron chi connectivity index (χ2n) is 8.34. The zero-order valence-electron chi connectivity index (χ0n) is 17.9. The number of nitrogens with zero attached hydrogens (tertiary/aromatic N) is 2. The van der Waals surface area contributed by atoms with Crippen molar-refractivity contribution in [2.45, 2.75) is 18.9 Å². The largest absolute Gasteiger partial charge is 0.361 e. The minimum Gasteiger partial charge on any atom is -0.361 e. The number of hydrogen-bond acceptors (Lipinski definition) is 5. The van der Waals surface area contributed by atoms with Crippen LogP contribution in [0.15, 0.2) is 48.7 Å². The van der Waals surface area contributed by atoms with Crippen LogP contribution in [0.3, 0.4) is 0 Å². The van der Waals surface area contributed by atoms with E-state index in [1.54, 1.807) is 12.1 Å². The van der Waals surface area contributed by atoms with Gasteiger partial charge in [-0.2, -0.15) is 0 Å². The summed E-state index contributed by atoms with van der Waals surface area (Å²) in [5, 5.41) is 3.66. The highest BCUT2D eigenvalue weighted by Gasteiger charge is 2.39.